The molecule has 1 aliphatic rings. The molecule has 1 aromatic rings. The van der Waals surface area contributed by atoms with Crippen molar-refractivity contribution >= 4 is 5.69 Å². The molecule has 19 heavy (non-hydrogen) atoms. The molecule has 4 nitrogen and oxygen atoms in total. The highest BCUT2D eigenvalue weighted by atomic mass is 16.5. The Bertz CT molecular complexity index is 376. The molecule has 0 amide bonds. The largest absolute Gasteiger partial charge is 0.497 e. The molecule has 0 spiro atoms. The summed E-state index contributed by atoms with van der Waals surface area (Å²) in [7, 11) is 3.75. The number of nitrogens with one attached hydrogen (secondary N) is 1. The Morgan fingerprint density at radius 2 is 2.05 bits per heavy atom. The second-order valence-corrected chi connectivity index (χ2v) is 5.23. The van der Waals surface area contributed by atoms with Crippen LogP contribution < -0.4 is 15.0 Å². The molecule has 0 aliphatic heterocycles. The highest BCUT2D eigenvalue weighted by Crippen LogP contribution is 2.21. The molecule has 1 fully saturated rings. The van der Waals surface area contributed by atoms with Crippen LogP contribution in [-0.4, -0.2) is 44.5 Å². The van der Waals surface area contributed by atoms with Gasteiger partial charge in [0.15, 0.2) is 0 Å². The maximum absolute atomic E-state index is 9.36. The lowest BCUT2D eigenvalue weighted by Gasteiger charge is -2.23. The van der Waals surface area contributed by atoms with Gasteiger partial charge in [-0.1, -0.05) is 0 Å². The van der Waals surface area contributed by atoms with Crippen LogP contribution in [0.1, 0.15) is 19.3 Å². The van der Waals surface area contributed by atoms with E-state index in [1.807, 2.05) is 12.1 Å². The predicted molar refractivity (Wildman–Crippen MR) is 77.9 cm³/mol. The summed E-state index contributed by atoms with van der Waals surface area (Å²) in [6.07, 6.45) is 3.46. The van der Waals surface area contributed by atoms with E-state index in [4.69, 9.17) is 4.74 Å². The van der Waals surface area contributed by atoms with E-state index >= 15 is 0 Å². The zero-order valence-corrected chi connectivity index (χ0v) is 11.8. The molecule has 1 unspecified atom stereocenters. The maximum Gasteiger partial charge on any atom is 0.119 e. The van der Waals surface area contributed by atoms with Crippen molar-refractivity contribution in [2.75, 3.05) is 32.2 Å². The first-order valence-corrected chi connectivity index (χ1v) is 6.95. The number of hydrogen-bond donors (Lipinski definition) is 2. The van der Waals surface area contributed by atoms with Gasteiger partial charge >= 0.3 is 0 Å². The van der Waals surface area contributed by atoms with Gasteiger partial charge in [-0.05, 0) is 43.5 Å². The van der Waals surface area contributed by atoms with Gasteiger partial charge in [0.2, 0.25) is 0 Å². The monoisotopic (exact) mass is 264 g/mol. The van der Waals surface area contributed by atoms with E-state index in [1.165, 1.54) is 18.5 Å². The predicted octanol–water partition coefficient (Wildman–Crippen LogP) is 1.63. The maximum atomic E-state index is 9.36. The number of ether oxygens (including phenoxy) is 1. The van der Waals surface area contributed by atoms with E-state index in [9.17, 15) is 5.11 Å². The fourth-order valence-electron chi connectivity index (χ4n) is 2.13. The van der Waals surface area contributed by atoms with Crippen LogP contribution in [-0.2, 0) is 0 Å². The molecule has 4 heteroatoms. The molecule has 0 aromatic heterocycles. The summed E-state index contributed by atoms with van der Waals surface area (Å²) in [4.78, 5) is 2.21. The van der Waals surface area contributed by atoms with Crippen molar-refractivity contribution in [2.45, 2.75) is 31.3 Å². The van der Waals surface area contributed by atoms with Crippen molar-refractivity contribution in [3.05, 3.63) is 24.3 Å². The minimum absolute atomic E-state index is 0.215. The first-order valence-electron chi connectivity index (χ1n) is 6.95. The van der Waals surface area contributed by atoms with Gasteiger partial charge in [0, 0.05) is 31.4 Å². The molecule has 106 valence electrons. The summed E-state index contributed by atoms with van der Waals surface area (Å²) < 4.78 is 5.15. The molecule has 2 rings (SSSR count). The standard InChI is InChI=1S/C15H24N2O2/c1-17(14-5-7-15(19-2)8-6-14)10-9-13(11-18)16-12-3-4-12/h5-8,12-13,16,18H,3-4,9-11H2,1-2H3. The Kier molecular flexibility index (Phi) is 5.05. The number of aliphatic hydroxyl groups is 1. The van der Waals surface area contributed by atoms with E-state index in [2.05, 4.69) is 29.4 Å². The number of hydrogen-bond acceptors (Lipinski definition) is 4. The van der Waals surface area contributed by atoms with Crippen LogP contribution >= 0.6 is 0 Å². The average molecular weight is 264 g/mol. The van der Waals surface area contributed by atoms with Crippen molar-refractivity contribution in [3.63, 3.8) is 0 Å². The summed E-state index contributed by atoms with van der Waals surface area (Å²) in [5, 5.41) is 12.8. The zero-order valence-electron chi connectivity index (χ0n) is 11.8. The Morgan fingerprint density at radius 1 is 1.37 bits per heavy atom. The molecule has 0 bridgehead atoms. The summed E-state index contributed by atoms with van der Waals surface area (Å²) in [5.41, 5.74) is 1.17. The summed E-state index contributed by atoms with van der Waals surface area (Å²) >= 11 is 0. The molecule has 1 aromatic carbocycles. The average Bonchev–Trinajstić information content (AvgIpc) is 3.27. The third-order valence-electron chi connectivity index (χ3n) is 3.60. The van der Waals surface area contributed by atoms with Crippen LogP contribution in [0, 0.1) is 0 Å². The van der Waals surface area contributed by atoms with Gasteiger partial charge in [0.05, 0.1) is 13.7 Å². The normalized spacial score (nSPS) is 16.2. The molecule has 1 aliphatic carbocycles. The van der Waals surface area contributed by atoms with Crippen molar-refractivity contribution in [1.29, 1.82) is 0 Å². The van der Waals surface area contributed by atoms with Crippen molar-refractivity contribution in [3.8, 4) is 5.75 Å². The highest BCUT2D eigenvalue weighted by molar-refractivity contribution is 5.48. The Labute approximate surface area is 115 Å². The second-order valence-electron chi connectivity index (χ2n) is 5.23. The minimum Gasteiger partial charge on any atom is -0.497 e. The lowest BCUT2D eigenvalue weighted by atomic mass is 10.2. The number of nitrogens with zero attached hydrogens (tertiary/aromatic N) is 1. The third-order valence-corrected chi connectivity index (χ3v) is 3.60. The number of anilines is 1. The summed E-state index contributed by atoms with van der Waals surface area (Å²) in [6, 6.07) is 8.91. The molecule has 0 saturated heterocycles. The van der Waals surface area contributed by atoms with Gasteiger partial charge in [-0.25, -0.2) is 0 Å². The Balaban J connectivity index is 1.79. The zero-order chi connectivity index (χ0) is 13.7. The van der Waals surface area contributed by atoms with E-state index in [0.717, 1.165) is 18.7 Å². The molecule has 1 atom stereocenters. The summed E-state index contributed by atoms with van der Waals surface area (Å²) in [5.74, 6) is 0.876. The van der Waals surface area contributed by atoms with Crippen LogP contribution in [0.3, 0.4) is 0 Å². The summed E-state index contributed by atoms with van der Waals surface area (Å²) in [6.45, 7) is 1.14. The van der Waals surface area contributed by atoms with E-state index in [1.54, 1.807) is 7.11 Å². The van der Waals surface area contributed by atoms with Crippen molar-refractivity contribution in [1.82, 2.24) is 5.32 Å². The SMILES string of the molecule is COc1ccc(N(C)CCC(CO)NC2CC2)cc1. The number of aliphatic hydroxyl groups excluding tert-OH is 1. The van der Waals surface area contributed by atoms with Crippen LogP contribution in [0.25, 0.3) is 0 Å². The van der Waals surface area contributed by atoms with Gasteiger partial charge in [-0.15, -0.1) is 0 Å². The van der Waals surface area contributed by atoms with Crippen LogP contribution in [0.15, 0.2) is 24.3 Å². The Morgan fingerprint density at radius 3 is 2.58 bits per heavy atom. The van der Waals surface area contributed by atoms with Gasteiger partial charge < -0.3 is 20.1 Å². The number of benzene rings is 1. The van der Waals surface area contributed by atoms with Crippen molar-refractivity contribution < 1.29 is 9.84 Å². The van der Waals surface area contributed by atoms with Crippen LogP contribution in [0.4, 0.5) is 5.69 Å². The first kappa shape index (κ1) is 14.2. The van der Waals surface area contributed by atoms with Crippen LogP contribution in [0.2, 0.25) is 0 Å². The van der Waals surface area contributed by atoms with E-state index < -0.39 is 0 Å². The quantitative estimate of drug-likeness (QED) is 0.749. The highest BCUT2D eigenvalue weighted by Gasteiger charge is 2.24. The smallest absolute Gasteiger partial charge is 0.119 e. The molecule has 2 N–H and O–H groups in total. The van der Waals surface area contributed by atoms with E-state index in [-0.39, 0.29) is 12.6 Å². The fraction of sp³-hybridized carbons (Fsp3) is 0.600. The van der Waals surface area contributed by atoms with E-state index in [0.29, 0.717) is 6.04 Å². The third kappa shape index (κ3) is 4.40. The molecule has 0 radical (unpaired) electrons. The van der Waals surface area contributed by atoms with Gasteiger partial charge in [0.25, 0.3) is 0 Å². The second kappa shape index (κ2) is 6.78. The minimum atomic E-state index is 0.215. The number of methoxy groups -OCH3 is 1. The Hall–Kier alpha value is -1.26. The van der Waals surface area contributed by atoms with Crippen LogP contribution in [0.5, 0.6) is 5.75 Å². The lowest BCUT2D eigenvalue weighted by molar-refractivity contribution is 0.235. The van der Waals surface area contributed by atoms with Gasteiger partial charge in [-0.3, -0.25) is 0 Å². The first-order chi connectivity index (χ1) is 9.22. The fourth-order valence-corrected chi connectivity index (χ4v) is 2.13. The molecular formula is C15H24N2O2. The lowest BCUT2D eigenvalue weighted by Crippen LogP contribution is -2.37. The van der Waals surface area contributed by atoms with Gasteiger partial charge in [0.1, 0.15) is 5.75 Å². The van der Waals surface area contributed by atoms with Crippen molar-refractivity contribution in [2.24, 2.45) is 0 Å². The molecule has 1 saturated carbocycles. The topological polar surface area (TPSA) is 44.7 Å². The number of rotatable bonds is 8. The molecule has 0 heterocycles. The molecular weight excluding hydrogens is 240 g/mol. The van der Waals surface area contributed by atoms with Gasteiger partial charge in [-0.2, -0.15) is 0 Å².